The molecule has 0 aliphatic carbocycles. The fourth-order valence-corrected chi connectivity index (χ4v) is 1.72. The van der Waals surface area contributed by atoms with E-state index in [4.69, 9.17) is 0 Å². The predicted octanol–water partition coefficient (Wildman–Crippen LogP) is 0.988. The third-order valence-corrected chi connectivity index (χ3v) is 2.51. The Morgan fingerprint density at radius 1 is 1.38 bits per heavy atom. The normalized spacial score (nSPS) is 15.0. The number of hydrogen-bond acceptors (Lipinski definition) is 3. The number of rotatable bonds is 2. The van der Waals surface area contributed by atoms with Gasteiger partial charge in [0.25, 0.3) is 0 Å². The molecule has 1 aromatic heterocycles. The highest BCUT2D eigenvalue weighted by Crippen LogP contribution is 2.18. The molecule has 0 radical (unpaired) electrons. The number of nitrogens with zero attached hydrogens (tertiary/aromatic N) is 1. The van der Waals surface area contributed by atoms with Crippen LogP contribution in [0.2, 0.25) is 0 Å². The van der Waals surface area contributed by atoms with Crippen LogP contribution >= 0.6 is 0 Å². The molecule has 0 atom stereocenters. The summed E-state index contributed by atoms with van der Waals surface area (Å²) in [4.78, 5) is 11.0. The standard InChI is InChI=1S/C11H10N4O/c16-11-4-9(6-12-11)14-8-2-1-7-5-13-15-10(7)3-8/h1-5,14H,6H2,(H,12,16)(H,13,15). The molecule has 5 heteroatoms. The van der Waals surface area contributed by atoms with Crippen molar-refractivity contribution in [3.63, 3.8) is 0 Å². The summed E-state index contributed by atoms with van der Waals surface area (Å²) in [6.07, 6.45) is 3.34. The number of carbonyl (C=O) groups is 1. The van der Waals surface area contributed by atoms with Gasteiger partial charge in [-0.05, 0) is 18.2 Å². The van der Waals surface area contributed by atoms with Gasteiger partial charge in [-0.1, -0.05) is 0 Å². The lowest BCUT2D eigenvalue weighted by molar-refractivity contribution is -0.115. The van der Waals surface area contributed by atoms with Gasteiger partial charge >= 0.3 is 0 Å². The highest BCUT2D eigenvalue weighted by Gasteiger charge is 2.10. The lowest BCUT2D eigenvalue weighted by Crippen LogP contribution is -2.16. The summed E-state index contributed by atoms with van der Waals surface area (Å²) >= 11 is 0. The third-order valence-electron chi connectivity index (χ3n) is 2.51. The number of fused-ring (bicyclic) bond motifs is 1. The molecule has 0 bridgehead atoms. The third kappa shape index (κ3) is 1.52. The summed E-state index contributed by atoms with van der Waals surface area (Å²) in [5, 5.41) is 13.8. The van der Waals surface area contributed by atoms with Crippen molar-refractivity contribution in [2.75, 3.05) is 11.9 Å². The largest absolute Gasteiger partial charge is 0.357 e. The molecule has 0 spiro atoms. The lowest BCUT2D eigenvalue weighted by atomic mass is 10.2. The van der Waals surface area contributed by atoms with E-state index < -0.39 is 0 Å². The molecule has 3 rings (SSSR count). The smallest absolute Gasteiger partial charge is 0.246 e. The molecule has 0 unspecified atom stereocenters. The maximum absolute atomic E-state index is 11.0. The zero-order chi connectivity index (χ0) is 11.0. The number of nitrogens with one attached hydrogen (secondary N) is 3. The highest BCUT2D eigenvalue weighted by molar-refractivity contribution is 5.92. The van der Waals surface area contributed by atoms with Crippen molar-refractivity contribution in [3.05, 3.63) is 36.2 Å². The Bertz CT molecular complexity index is 584. The fraction of sp³-hybridized carbons (Fsp3) is 0.0909. The van der Waals surface area contributed by atoms with E-state index in [-0.39, 0.29) is 5.91 Å². The van der Waals surface area contributed by atoms with Crippen LogP contribution in [0.1, 0.15) is 0 Å². The molecular formula is C11H10N4O. The minimum atomic E-state index is -0.0508. The number of carbonyl (C=O) groups excluding carboxylic acids is 1. The summed E-state index contributed by atoms with van der Waals surface area (Å²) in [7, 11) is 0. The second-order valence-corrected chi connectivity index (χ2v) is 3.68. The first-order valence-corrected chi connectivity index (χ1v) is 5.00. The topological polar surface area (TPSA) is 69.8 Å². The molecule has 5 nitrogen and oxygen atoms in total. The van der Waals surface area contributed by atoms with Crippen LogP contribution in [0.15, 0.2) is 36.2 Å². The van der Waals surface area contributed by atoms with Crippen LogP contribution < -0.4 is 10.6 Å². The van der Waals surface area contributed by atoms with Crippen molar-refractivity contribution in [1.29, 1.82) is 0 Å². The minimum absolute atomic E-state index is 0.0508. The van der Waals surface area contributed by atoms with Gasteiger partial charge in [-0.2, -0.15) is 5.10 Å². The summed E-state index contributed by atoms with van der Waals surface area (Å²) in [5.41, 5.74) is 2.80. The zero-order valence-corrected chi connectivity index (χ0v) is 8.45. The highest BCUT2D eigenvalue weighted by atomic mass is 16.1. The van der Waals surface area contributed by atoms with Crippen molar-refractivity contribution in [3.8, 4) is 0 Å². The quantitative estimate of drug-likeness (QED) is 0.698. The van der Waals surface area contributed by atoms with E-state index in [0.29, 0.717) is 6.54 Å². The average Bonchev–Trinajstić information content (AvgIpc) is 2.87. The second-order valence-electron chi connectivity index (χ2n) is 3.68. The molecule has 0 saturated heterocycles. The Morgan fingerprint density at radius 3 is 3.12 bits per heavy atom. The van der Waals surface area contributed by atoms with Gasteiger partial charge in [-0.3, -0.25) is 9.89 Å². The zero-order valence-electron chi connectivity index (χ0n) is 8.45. The molecule has 0 fully saturated rings. The lowest BCUT2D eigenvalue weighted by Gasteiger charge is -2.05. The molecular weight excluding hydrogens is 204 g/mol. The molecule has 1 aromatic carbocycles. The van der Waals surface area contributed by atoms with Crippen molar-refractivity contribution in [2.24, 2.45) is 0 Å². The van der Waals surface area contributed by atoms with E-state index in [1.807, 2.05) is 18.2 Å². The van der Waals surface area contributed by atoms with Gasteiger partial charge in [0.15, 0.2) is 0 Å². The summed E-state index contributed by atoms with van der Waals surface area (Å²) in [6, 6.07) is 5.90. The Kier molecular flexibility index (Phi) is 1.89. The first kappa shape index (κ1) is 8.96. The molecule has 16 heavy (non-hydrogen) atoms. The Labute approximate surface area is 91.5 Å². The Morgan fingerprint density at radius 2 is 2.31 bits per heavy atom. The Hall–Kier alpha value is -2.30. The van der Waals surface area contributed by atoms with E-state index >= 15 is 0 Å². The number of H-pyrrole nitrogens is 1. The van der Waals surface area contributed by atoms with Crippen molar-refractivity contribution in [2.45, 2.75) is 0 Å². The molecule has 1 amide bonds. The molecule has 2 aromatic rings. The summed E-state index contributed by atoms with van der Waals surface area (Å²) < 4.78 is 0. The minimum Gasteiger partial charge on any atom is -0.357 e. The van der Waals surface area contributed by atoms with Crippen molar-refractivity contribution in [1.82, 2.24) is 15.5 Å². The molecule has 80 valence electrons. The van der Waals surface area contributed by atoms with Crippen molar-refractivity contribution < 1.29 is 4.79 Å². The van der Waals surface area contributed by atoms with E-state index in [1.54, 1.807) is 12.3 Å². The summed E-state index contributed by atoms with van der Waals surface area (Å²) in [5.74, 6) is -0.0508. The summed E-state index contributed by atoms with van der Waals surface area (Å²) in [6.45, 7) is 0.555. The first-order chi connectivity index (χ1) is 7.81. The van der Waals surface area contributed by atoms with Crippen LogP contribution in [0.3, 0.4) is 0 Å². The number of amides is 1. The monoisotopic (exact) mass is 214 g/mol. The maximum Gasteiger partial charge on any atom is 0.246 e. The van der Waals surface area contributed by atoms with Gasteiger partial charge in [0.05, 0.1) is 18.3 Å². The molecule has 0 saturated carbocycles. The van der Waals surface area contributed by atoms with Gasteiger partial charge in [-0.25, -0.2) is 0 Å². The van der Waals surface area contributed by atoms with E-state index in [9.17, 15) is 4.79 Å². The molecule has 2 heterocycles. The van der Waals surface area contributed by atoms with Crippen LogP contribution in [0.4, 0.5) is 5.69 Å². The average molecular weight is 214 g/mol. The number of benzene rings is 1. The first-order valence-electron chi connectivity index (χ1n) is 5.00. The SMILES string of the molecule is O=C1C=C(Nc2ccc3cn[nH]c3c2)CN1. The van der Waals surface area contributed by atoms with Crippen LogP contribution in [-0.2, 0) is 4.79 Å². The van der Waals surface area contributed by atoms with Crippen LogP contribution in [0, 0.1) is 0 Å². The fourth-order valence-electron chi connectivity index (χ4n) is 1.72. The van der Waals surface area contributed by atoms with Gasteiger partial charge in [-0.15, -0.1) is 0 Å². The van der Waals surface area contributed by atoms with Crippen molar-refractivity contribution >= 4 is 22.5 Å². The number of anilines is 1. The number of aromatic amines is 1. The van der Waals surface area contributed by atoms with Crippen LogP contribution in [0.5, 0.6) is 0 Å². The van der Waals surface area contributed by atoms with Gasteiger partial charge in [0.2, 0.25) is 5.91 Å². The van der Waals surface area contributed by atoms with Crippen LogP contribution in [-0.4, -0.2) is 22.6 Å². The van der Waals surface area contributed by atoms with E-state index in [0.717, 1.165) is 22.3 Å². The van der Waals surface area contributed by atoms with E-state index in [2.05, 4.69) is 20.8 Å². The molecule has 1 aliphatic heterocycles. The van der Waals surface area contributed by atoms with Gasteiger partial charge < -0.3 is 10.6 Å². The number of aromatic nitrogens is 2. The Balaban J connectivity index is 1.89. The molecule has 3 N–H and O–H groups in total. The van der Waals surface area contributed by atoms with Gasteiger partial charge in [0, 0.05) is 22.8 Å². The van der Waals surface area contributed by atoms with Crippen LogP contribution in [0.25, 0.3) is 10.9 Å². The number of hydrogen-bond donors (Lipinski definition) is 3. The van der Waals surface area contributed by atoms with E-state index in [1.165, 1.54) is 0 Å². The predicted molar refractivity (Wildman–Crippen MR) is 60.8 cm³/mol. The molecule has 1 aliphatic rings. The maximum atomic E-state index is 11.0. The van der Waals surface area contributed by atoms with Gasteiger partial charge in [0.1, 0.15) is 0 Å². The second kappa shape index (κ2) is 3.37.